The number of carboxylic acid groups (broad SMARTS) is 1. The SMILES string of the molecule is CNC(=O)c1cccc(-c2ccc(NC(N)=O)c(NC(=O)O)c2)c1. The molecule has 0 saturated heterocycles. The molecule has 6 N–H and O–H groups in total. The fourth-order valence-corrected chi connectivity index (χ4v) is 2.17. The third-order valence-corrected chi connectivity index (χ3v) is 3.20. The summed E-state index contributed by atoms with van der Waals surface area (Å²) in [4.78, 5) is 33.7. The van der Waals surface area contributed by atoms with Gasteiger partial charge in [0.05, 0.1) is 11.4 Å². The lowest BCUT2D eigenvalue weighted by atomic mass is 10.0. The van der Waals surface area contributed by atoms with Gasteiger partial charge in [-0.25, -0.2) is 9.59 Å². The van der Waals surface area contributed by atoms with Gasteiger partial charge in [-0.3, -0.25) is 10.1 Å². The van der Waals surface area contributed by atoms with Gasteiger partial charge in [0.1, 0.15) is 0 Å². The molecule has 0 atom stereocenters. The van der Waals surface area contributed by atoms with Crippen LogP contribution in [0, 0.1) is 0 Å². The number of nitrogens with two attached hydrogens (primary N) is 1. The number of primary amides is 1. The number of hydrogen-bond donors (Lipinski definition) is 5. The van der Waals surface area contributed by atoms with Crippen LogP contribution in [0.15, 0.2) is 42.5 Å². The van der Waals surface area contributed by atoms with Gasteiger partial charge >= 0.3 is 12.1 Å². The van der Waals surface area contributed by atoms with Crippen LogP contribution in [0.2, 0.25) is 0 Å². The van der Waals surface area contributed by atoms with Crippen molar-refractivity contribution in [3.05, 3.63) is 48.0 Å². The van der Waals surface area contributed by atoms with Gasteiger partial charge in [-0.15, -0.1) is 0 Å². The predicted octanol–water partition coefficient (Wildman–Crippen LogP) is 2.29. The van der Waals surface area contributed by atoms with Crippen LogP contribution >= 0.6 is 0 Å². The highest BCUT2D eigenvalue weighted by Crippen LogP contribution is 2.29. The molecule has 0 fully saturated rings. The van der Waals surface area contributed by atoms with Crippen LogP contribution in [0.4, 0.5) is 21.0 Å². The molecule has 4 amide bonds. The van der Waals surface area contributed by atoms with E-state index in [2.05, 4.69) is 16.0 Å². The Bertz CT molecular complexity index is 804. The van der Waals surface area contributed by atoms with E-state index in [4.69, 9.17) is 10.8 Å². The second-order valence-electron chi connectivity index (χ2n) is 4.84. The van der Waals surface area contributed by atoms with Crippen molar-refractivity contribution in [2.24, 2.45) is 5.73 Å². The van der Waals surface area contributed by atoms with Crippen molar-refractivity contribution in [2.45, 2.75) is 0 Å². The minimum atomic E-state index is -1.28. The molecule has 0 spiro atoms. The molecular formula is C16H16N4O4. The lowest BCUT2D eigenvalue weighted by molar-refractivity contribution is 0.0963. The third-order valence-electron chi connectivity index (χ3n) is 3.20. The minimum Gasteiger partial charge on any atom is -0.465 e. The molecule has 0 aliphatic heterocycles. The second kappa shape index (κ2) is 7.14. The van der Waals surface area contributed by atoms with Crippen LogP contribution in [-0.4, -0.2) is 30.2 Å². The maximum atomic E-state index is 11.7. The van der Waals surface area contributed by atoms with E-state index in [9.17, 15) is 14.4 Å². The van der Waals surface area contributed by atoms with Gasteiger partial charge in [-0.05, 0) is 35.4 Å². The first-order valence-electron chi connectivity index (χ1n) is 6.93. The molecular weight excluding hydrogens is 312 g/mol. The number of rotatable bonds is 4. The summed E-state index contributed by atoms with van der Waals surface area (Å²) in [6.45, 7) is 0. The molecule has 0 saturated carbocycles. The first-order chi connectivity index (χ1) is 11.4. The Balaban J connectivity index is 2.45. The van der Waals surface area contributed by atoms with E-state index in [0.29, 0.717) is 11.1 Å². The topological polar surface area (TPSA) is 134 Å². The minimum absolute atomic E-state index is 0.171. The molecule has 2 rings (SSSR count). The van der Waals surface area contributed by atoms with Gasteiger partial charge in [0.25, 0.3) is 5.91 Å². The molecule has 2 aromatic rings. The number of amides is 4. The van der Waals surface area contributed by atoms with E-state index in [0.717, 1.165) is 5.56 Å². The summed E-state index contributed by atoms with van der Waals surface area (Å²) < 4.78 is 0. The zero-order valence-corrected chi connectivity index (χ0v) is 12.8. The Morgan fingerprint density at radius 2 is 1.67 bits per heavy atom. The molecule has 0 bridgehead atoms. The van der Waals surface area contributed by atoms with Gasteiger partial charge in [0, 0.05) is 12.6 Å². The van der Waals surface area contributed by atoms with Crippen LogP contribution in [-0.2, 0) is 0 Å². The monoisotopic (exact) mass is 328 g/mol. The second-order valence-corrected chi connectivity index (χ2v) is 4.84. The summed E-state index contributed by atoms with van der Waals surface area (Å²) in [7, 11) is 1.54. The van der Waals surface area contributed by atoms with Crippen LogP contribution in [0.1, 0.15) is 10.4 Å². The van der Waals surface area contributed by atoms with E-state index in [1.165, 1.54) is 13.1 Å². The zero-order chi connectivity index (χ0) is 17.7. The molecule has 0 aromatic heterocycles. The van der Waals surface area contributed by atoms with E-state index >= 15 is 0 Å². The Kier molecular flexibility index (Phi) is 5.00. The van der Waals surface area contributed by atoms with Gasteiger partial charge in [-0.2, -0.15) is 0 Å². The molecule has 0 unspecified atom stereocenters. The standard InChI is InChI=1S/C16H16N4O4/c1-18-14(21)11-4-2-3-9(7-11)10-5-6-12(19-15(17)22)13(8-10)20-16(23)24/h2-8,20H,1H3,(H,18,21)(H,23,24)(H3,17,19,22). The molecule has 0 heterocycles. The van der Waals surface area contributed by atoms with Gasteiger partial charge < -0.3 is 21.5 Å². The van der Waals surface area contributed by atoms with Gasteiger partial charge in [0.15, 0.2) is 0 Å². The summed E-state index contributed by atoms with van der Waals surface area (Å²) in [5.74, 6) is -0.229. The lowest BCUT2D eigenvalue weighted by Crippen LogP contribution is -2.21. The van der Waals surface area contributed by atoms with Crippen LogP contribution < -0.4 is 21.7 Å². The number of urea groups is 1. The molecule has 8 heteroatoms. The maximum Gasteiger partial charge on any atom is 0.409 e. The van der Waals surface area contributed by atoms with Gasteiger partial charge in [-0.1, -0.05) is 18.2 Å². The van der Waals surface area contributed by atoms with Crippen LogP contribution in [0.25, 0.3) is 11.1 Å². The number of benzene rings is 2. The Hall–Kier alpha value is -3.55. The summed E-state index contributed by atoms with van der Waals surface area (Å²) in [6, 6.07) is 10.8. The number of anilines is 2. The highest BCUT2D eigenvalue weighted by molar-refractivity contribution is 5.98. The summed E-state index contributed by atoms with van der Waals surface area (Å²) >= 11 is 0. The number of nitrogens with one attached hydrogen (secondary N) is 3. The quantitative estimate of drug-likeness (QED) is 0.588. The summed E-state index contributed by atoms with van der Waals surface area (Å²) in [5.41, 5.74) is 7.33. The van der Waals surface area contributed by atoms with Crippen molar-refractivity contribution in [1.29, 1.82) is 0 Å². The fraction of sp³-hybridized carbons (Fsp3) is 0.0625. The third kappa shape index (κ3) is 4.01. The number of carbonyl (C=O) groups excluding carboxylic acids is 2. The average Bonchev–Trinajstić information content (AvgIpc) is 2.55. The molecule has 124 valence electrons. The Labute approximate surface area is 137 Å². The summed E-state index contributed by atoms with van der Waals surface area (Å²) in [5, 5.41) is 16.0. The largest absolute Gasteiger partial charge is 0.465 e. The van der Waals surface area contributed by atoms with Crippen LogP contribution in [0.5, 0.6) is 0 Å². The van der Waals surface area contributed by atoms with E-state index in [-0.39, 0.29) is 17.3 Å². The zero-order valence-electron chi connectivity index (χ0n) is 12.8. The Morgan fingerprint density at radius 1 is 0.958 bits per heavy atom. The van der Waals surface area contributed by atoms with Crippen LogP contribution in [0.3, 0.4) is 0 Å². The first kappa shape index (κ1) is 16.8. The maximum absolute atomic E-state index is 11.7. The van der Waals surface area contributed by atoms with E-state index in [1.54, 1.807) is 36.4 Å². The van der Waals surface area contributed by atoms with Crippen molar-refractivity contribution in [3.63, 3.8) is 0 Å². The molecule has 2 aromatic carbocycles. The molecule has 0 radical (unpaired) electrons. The first-order valence-corrected chi connectivity index (χ1v) is 6.93. The molecule has 0 aliphatic rings. The normalized spacial score (nSPS) is 9.88. The fourth-order valence-electron chi connectivity index (χ4n) is 2.17. The van der Waals surface area contributed by atoms with E-state index in [1.807, 2.05) is 0 Å². The van der Waals surface area contributed by atoms with Crippen molar-refractivity contribution in [2.75, 3.05) is 17.7 Å². The average molecular weight is 328 g/mol. The molecule has 8 nitrogen and oxygen atoms in total. The van der Waals surface area contributed by atoms with E-state index < -0.39 is 12.1 Å². The molecule has 0 aliphatic carbocycles. The van der Waals surface area contributed by atoms with Crippen molar-refractivity contribution in [3.8, 4) is 11.1 Å². The highest BCUT2D eigenvalue weighted by Gasteiger charge is 2.11. The van der Waals surface area contributed by atoms with Crippen molar-refractivity contribution >= 4 is 29.4 Å². The number of carbonyl (C=O) groups is 3. The lowest BCUT2D eigenvalue weighted by Gasteiger charge is -2.12. The molecule has 24 heavy (non-hydrogen) atoms. The summed E-state index contributed by atoms with van der Waals surface area (Å²) in [6.07, 6.45) is -1.28. The predicted molar refractivity (Wildman–Crippen MR) is 90.1 cm³/mol. The van der Waals surface area contributed by atoms with Gasteiger partial charge in [0.2, 0.25) is 0 Å². The number of hydrogen-bond acceptors (Lipinski definition) is 3. The smallest absolute Gasteiger partial charge is 0.409 e. The Morgan fingerprint density at radius 3 is 2.29 bits per heavy atom. The van der Waals surface area contributed by atoms with Crippen molar-refractivity contribution < 1.29 is 19.5 Å². The van der Waals surface area contributed by atoms with Crippen molar-refractivity contribution in [1.82, 2.24) is 5.32 Å². The highest BCUT2D eigenvalue weighted by atomic mass is 16.4.